The van der Waals surface area contributed by atoms with E-state index >= 15 is 0 Å². The maximum atomic E-state index is 4.79. The second-order valence-corrected chi connectivity index (χ2v) is 26.9. The maximum Gasteiger partial charge on any atom is 0.115 e. The molecule has 4 heterocycles. The van der Waals surface area contributed by atoms with Gasteiger partial charge in [0, 0.05) is 57.1 Å². The van der Waals surface area contributed by atoms with Crippen molar-refractivity contribution in [2.45, 2.75) is 132 Å². The number of anilines is 8. The van der Waals surface area contributed by atoms with Crippen molar-refractivity contribution in [3.05, 3.63) is 229 Å². The smallest absolute Gasteiger partial charge is 0.115 e. The SMILES string of the molecule is Cc1cncn1N(c1ccc(C(C)(C)C)cc1)c1cc(N(c2ccc(C(C)(C)C)cc2)n2cncc2C)c2ccc3c(N(c4ccc(C(C)(C)C)cc4)n4cncc4C)cc(N(c4ccc(C(C)(C)C)cc4)n4cncc4C)c4ccc1c2c43. The molecule has 12 rings (SSSR count). The van der Waals surface area contributed by atoms with Crippen molar-refractivity contribution in [1.29, 1.82) is 0 Å². The molecule has 0 fully saturated rings. The lowest BCUT2D eigenvalue weighted by molar-refractivity contribution is 0.590. The lowest BCUT2D eigenvalue weighted by Crippen LogP contribution is -2.28. The molecule has 12 aromatic rings. The van der Waals surface area contributed by atoms with Gasteiger partial charge in [-0.3, -0.25) is 0 Å². The Hall–Kier alpha value is -9.16. The summed E-state index contributed by atoms with van der Waals surface area (Å²) < 4.78 is 8.72. The van der Waals surface area contributed by atoms with E-state index in [1.54, 1.807) is 0 Å². The summed E-state index contributed by atoms with van der Waals surface area (Å²) in [7, 11) is 0. The fourth-order valence-electron chi connectivity index (χ4n) is 11.8. The summed E-state index contributed by atoms with van der Waals surface area (Å²) in [4.78, 5) is 19.2. The van der Waals surface area contributed by atoms with E-state index in [1.165, 1.54) is 22.3 Å². The van der Waals surface area contributed by atoms with Crippen molar-refractivity contribution >= 4 is 77.8 Å². The average Bonchev–Trinajstić information content (AvgIpc) is 0.929. The maximum absolute atomic E-state index is 4.79. The van der Waals surface area contributed by atoms with Gasteiger partial charge in [-0.25, -0.2) is 58.7 Å². The molecule has 0 bridgehead atoms. The van der Waals surface area contributed by atoms with Gasteiger partial charge in [-0.15, -0.1) is 0 Å². The molecular formula is C72H78N12. The molecule has 0 unspecified atom stereocenters. The second-order valence-electron chi connectivity index (χ2n) is 26.9. The highest BCUT2D eigenvalue weighted by Crippen LogP contribution is 2.52. The van der Waals surface area contributed by atoms with Crippen LogP contribution in [0.3, 0.4) is 0 Å². The third-order valence-electron chi connectivity index (χ3n) is 16.7. The number of aromatic nitrogens is 8. The molecule has 8 aromatic carbocycles. The highest BCUT2D eigenvalue weighted by atomic mass is 15.6. The first-order valence-corrected chi connectivity index (χ1v) is 29.2. The summed E-state index contributed by atoms with van der Waals surface area (Å²) >= 11 is 0. The standard InChI is InChI=1S/C72H78N12/c1-47-39-73-43-77(47)81(55-25-17-51(18-26-55)69(5,6)7)63-37-64(82(78-44-74-40-48(78)2)56-27-19-52(20-28-56)70(8,9)10)60-35-36-62-66(84(80-46-76-42-50(80)4)58-31-23-54(24-32-58)72(14,15)16)38-65(61-34-33-59(63)67(60)68(61)62)83(79-45-75-41-49(79)3)57-29-21-53(22-30-57)71(11,12)13/h17-46H,1-16H3. The third kappa shape index (κ3) is 9.70. The Morgan fingerprint density at radius 1 is 0.274 bits per heavy atom. The van der Waals surface area contributed by atoms with E-state index in [4.69, 9.17) is 19.9 Å². The molecular weight excluding hydrogens is 1030 g/mol. The van der Waals surface area contributed by atoms with Gasteiger partial charge in [-0.05, 0) is 132 Å². The first kappa shape index (κ1) is 55.4. The van der Waals surface area contributed by atoms with Crippen LogP contribution in [0.5, 0.6) is 0 Å². The van der Waals surface area contributed by atoms with Crippen molar-refractivity contribution in [3.8, 4) is 0 Å². The van der Waals surface area contributed by atoms with Crippen LogP contribution in [0.15, 0.2) is 184 Å². The lowest BCUT2D eigenvalue weighted by atomic mass is 9.87. The van der Waals surface area contributed by atoms with E-state index < -0.39 is 0 Å². The second kappa shape index (κ2) is 20.3. The Kier molecular flexibility index (Phi) is 13.4. The first-order valence-electron chi connectivity index (χ1n) is 29.2. The number of nitrogens with zero attached hydrogens (tertiary/aromatic N) is 12. The Morgan fingerprint density at radius 2 is 0.464 bits per heavy atom. The fourth-order valence-corrected chi connectivity index (χ4v) is 11.8. The fraction of sp³-hybridized carbons (Fsp3) is 0.278. The van der Waals surface area contributed by atoms with Crippen molar-refractivity contribution in [2.75, 3.05) is 20.0 Å². The number of hydrogen-bond acceptors (Lipinski definition) is 8. The molecule has 426 valence electrons. The quantitative estimate of drug-likeness (QED) is 0.112. The molecule has 84 heavy (non-hydrogen) atoms. The Labute approximate surface area is 495 Å². The molecule has 12 nitrogen and oxygen atoms in total. The summed E-state index contributed by atoms with van der Waals surface area (Å²) in [6.07, 6.45) is 15.5. The molecule has 0 N–H and O–H groups in total. The minimum atomic E-state index is -0.0505. The van der Waals surface area contributed by atoms with Gasteiger partial charge in [0.25, 0.3) is 0 Å². The van der Waals surface area contributed by atoms with Crippen LogP contribution < -0.4 is 20.0 Å². The van der Waals surface area contributed by atoms with Gasteiger partial charge in [0.05, 0.1) is 68.3 Å². The van der Waals surface area contributed by atoms with Gasteiger partial charge in [0.15, 0.2) is 0 Å². The Bertz CT molecular complexity index is 3780. The molecule has 0 aliphatic carbocycles. The summed E-state index contributed by atoms with van der Waals surface area (Å²) in [5.74, 6) is 0. The molecule has 0 radical (unpaired) electrons. The van der Waals surface area contributed by atoms with Crippen LogP contribution in [0, 0.1) is 27.7 Å². The van der Waals surface area contributed by atoms with E-state index in [-0.39, 0.29) is 21.7 Å². The van der Waals surface area contributed by atoms with Crippen LogP contribution in [0.2, 0.25) is 0 Å². The molecule has 4 aromatic heterocycles. The van der Waals surface area contributed by atoms with E-state index in [0.717, 1.165) is 101 Å². The number of hydrogen-bond donors (Lipinski definition) is 0. The van der Waals surface area contributed by atoms with Gasteiger partial charge in [-0.1, -0.05) is 156 Å². The minimum absolute atomic E-state index is 0.0505. The van der Waals surface area contributed by atoms with Crippen LogP contribution in [-0.4, -0.2) is 38.6 Å². The van der Waals surface area contributed by atoms with Crippen LogP contribution in [0.4, 0.5) is 45.5 Å². The number of benzene rings is 8. The van der Waals surface area contributed by atoms with Crippen LogP contribution in [0.1, 0.15) is 128 Å². The predicted octanol–water partition coefficient (Wildman–Crippen LogP) is 18.2. The van der Waals surface area contributed by atoms with E-state index in [2.05, 4.69) is 283 Å². The van der Waals surface area contributed by atoms with Crippen molar-refractivity contribution in [3.63, 3.8) is 0 Å². The minimum Gasteiger partial charge on any atom is -0.248 e. The highest BCUT2D eigenvalue weighted by molar-refractivity contribution is 6.32. The van der Waals surface area contributed by atoms with E-state index in [0.29, 0.717) is 0 Å². The van der Waals surface area contributed by atoms with Gasteiger partial charge < -0.3 is 0 Å². The topological polar surface area (TPSA) is 84.2 Å². The molecule has 0 aliphatic heterocycles. The molecule has 12 heteroatoms. The predicted molar refractivity (Wildman–Crippen MR) is 349 cm³/mol. The van der Waals surface area contributed by atoms with Gasteiger partial charge in [0.1, 0.15) is 25.3 Å². The first-order chi connectivity index (χ1) is 39.9. The molecule has 0 aliphatic rings. The van der Waals surface area contributed by atoms with Crippen molar-refractivity contribution in [1.82, 2.24) is 38.6 Å². The molecule has 0 saturated heterocycles. The third-order valence-corrected chi connectivity index (χ3v) is 16.7. The van der Waals surface area contributed by atoms with Crippen molar-refractivity contribution in [2.24, 2.45) is 0 Å². The number of aryl methyl sites for hydroxylation is 4. The normalized spacial score (nSPS) is 12.5. The molecule has 0 spiro atoms. The van der Waals surface area contributed by atoms with Crippen LogP contribution >= 0.6 is 0 Å². The zero-order valence-electron chi connectivity index (χ0n) is 51.7. The Balaban J connectivity index is 1.27. The van der Waals surface area contributed by atoms with Crippen molar-refractivity contribution < 1.29 is 0 Å². The highest BCUT2D eigenvalue weighted by Gasteiger charge is 2.31. The van der Waals surface area contributed by atoms with Gasteiger partial charge in [-0.2, -0.15) is 0 Å². The summed E-state index contributed by atoms with van der Waals surface area (Å²) in [5.41, 5.74) is 16.6. The lowest BCUT2D eigenvalue weighted by Gasteiger charge is -2.35. The summed E-state index contributed by atoms with van der Waals surface area (Å²) in [5, 5.41) is 15.8. The summed E-state index contributed by atoms with van der Waals surface area (Å²) in [6.45, 7) is 35.7. The largest absolute Gasteiger partial charge is 0.248 e. The zero-order chi connectivity index (χ0) is 59.4. The Morgan fingerprint density at radius 3 is 0.619 bits per heavy atom. The average molecular weight is 1110 g/mol. The van der Waals surface area contributed by atoms with Gasteiger partial charge in [0.2, 0.25) is 0 Å². The van der Waals surface area contributed by atoms with Gasteiger partial charge >= 0.3 is 0 Å². The molecule has 0 amide bonds. The molecule has 0 saturated carbocycles. The number of imidazole rings is 4. The zero-order valence-corrected chi connectivity index (χ0v) is 51.7. The summed E-state index contributed by atoms with van der Waals surface area (Å²) in [6, 6.07) is 50.3. The van der Waals surface area contributed by atoms with Crippen LogP contribution in [0.25, 0.3) is 32.3 Å². The molecule has 0 atom stereocenters. The monoisotopic (exact) mass is 1110 g/mol. The van der Waals surface area contributed by atoms with Crippen LogP contribution in [-0.2, 0) is 21.7 Å². The van der Waals surface area contributed by atoms with E-state index in [9.17, 15) is 0 Å². The number of rotatable bonds is 12. The van der Waals surface area contributed by atoms with E-state index in [1.807, 2.05) is 50.1 Å².